The van der Waals surface area contributed by atoms with E-state index in [-0.39, 0.29) is 11.9 Å². The van der Waals surface area contributed by atoms with E-state index < -0.39 is 0 Å². The first-order valence-corrected chi connectivity index (χ1v) is 21.7. The van der Waals surface area contributed by atoms with Crippen LogP contribution in [0.2, 0.25) is 0 Å². The topological polar surface area (TPSA) is 53.3 Å². The number of ether oxygens (including phenoxy) is 1. The van der Waals surface area contributed by atoms with Gasteiger partial charge < -0.3 is 24.0 Å². The molecule has 9 rings (SSSR count). The summed E-state index contributed by atoms with van der Waals surface area (Å²) in [6, 6.07) is 36.0. The lowest BCUT2D eigenvalue weighted by Crippen LogP contribution is -2.46. The highest BCUT2D eigenvalue weighted by atomic mass is 16.5. The largest absolute Gasteiger partial charge is 0.493 e. The van der Waals surface area contributed by atoms with Gasteiger partial charge in [0.2, 0.25) is 0 Å². The van der Waals surface area contributed by atoms with Gasteiger partial charge in [0, 0.05) is 73.4 Å². The van der Waals surface area contributed by atoms with Crippen molar-refractivity contribution in [2.24, 2.45) is 4.99 Å². The molecule has 0 spiro atoms. The first-order chi connectivity index (χ1) is 28.4. The number of rotatable bonds is 13. The van der Waals surface area contributed by atoms with E-state index >= 15 is 0 Å². The fourth-order valence-electron chi connectivity index (χ4n) is 9.31. The van der Waals surface area contributed by atoms with E-state index in [1.165, 1.54) is 61.6 Å². The van der Waals surface area contributed by atoms with Crippen LogP contribution < -0.4 is 4.74 Å². The van der Waals surface area contributed by atoms with Crippen molar-refractivity contribution < 1.29 is 9.53 Å². The van der Waals surface area contributed by atoms with Crippen LogP contribution >= 0.6 is 0 Å². The SMILES string of the molecule is Cc1ccc(-c2ccc3c(c2)c2cc(-c4ccc(C)cc4)ccc2n3CCCN2CCN(CCCCCOc3cc4c(cc3C)C(=O)N3CCC[C@H]3C=N4)CC2)cc1. The van der Waals surface area contributed by atoms with E-state index in [1.807, 2.05) is 30.2 Å². The summed E-state index contributed by atoms with van der Waals surface area (Å²) in [7, 11) is 0. The molecular formula is C51H57N5O2. The number of benzene rings is 5. The van der Waals surface area contributed by atoms with Gasteiger partial charge in [-0.2, -0.15) is 0 Å². The first kappa shape index (κ1) is 38.3. The average molecular weight is 772 g/mol. The molecule has 0 saturated carbocycles. The maximum absolute atomic E-state index is 13.1. The van der Waals surface area contributed by atoms with Gasteiger partial charge in [-0.05, 0) is 131 Å². The van der Waals surface area contributed by atoms with Crippen molar-refractivity contribution >= 4 is 39.6 Å². The Bertz CT molecular complexity index is 2340. The Kier molecular flexibility index (Phi) is 11.2. The van der Waals surface area contributed by atoms with E-state index in [1.54, 1.807) is 0 Å². The zero-order valence-electron chi connectivity index (χ0n) is 34.6. The van der Waals surface area contributed by atoms with Gasteiger partial charge in [-0.1, -0.05) is 71.8 Å². The second-order valence-electron chi connectivity index (χ2n) is 16.9. The number of aryl methyl sites for hydroxylation is 4. The molecule has 6 aromatic rings. The normalized spacial score (nSPS) is 17.3. The molecule has 0 radical (unpaired) electrons. The van der Waals surface area contributed by atoms with Gasteiger partial charge in [0.1, 0.15) is 5.75 Å². The molecule has 1 aromatic heterocycles. The second kappa shape index (κ2) is 16.9. The van der Waals surface area contributed by atoms with Crippen molar-refractivity contribution in [2.75, 3.05) is 52.4 Å². The zero-order valence-corrected chi connectivity index (χ0v) is 34.6. The number of aliphatic imine (C=N–C) groups is 1. The van der Waals surface area contributed by atoms with Crippen LogP contribution in [0.25, 0.3) is 44.1 Å². The molecule has 1 amide bonds. The van der Waals surface area contributed by atoms with Crippen molar-refractivity contribution in [3.8, 4) is 28.0 Å². The van der Waals surface area contributed by atoms with Gasteiger partial charge in [-0.25, -0.2) is 0 Å². The Labute approximate surface area is 343 Å². The molecule has 4 heterocycles. The molecular weight excluding hydrogens is 715 g/mol. The van der Waals surface area contributed by atoms with Crippen molar-refractivity contribution in [2.45, 2.75) is 71.9 Å². The third-order valence-electron chi connectivity index (χ3n) is 12.8. The van der Waals surface area contributed by atoms with Gasteiger partial charge in [-0.3, -0.25) is 9.79 Å². The minimum atomic E-state index is 0.103. The summed E-state index contributed by atoms with van der Waals surface area (Å²) in [6.07, 6.45) is 8.49. The van der Waals surface area contributed by atoms with E-state index in [0.29, 0.717) is 12.2 Å². The summed E-state index contributed by atoms with van der Waals surface area (Å²) in [5, 5.41) is 2.66. The number of aromatic nitrogens is 1. The van der Waals surface area contributed by atoms with Gasteiger partial charge in [0.25, 0.3) is 5.91 Å². The second-order valence-corrected chi connectivity index (χ2v) is 16.9. The van der Waals surface area contributed by atoms with Crippen LogP contribution in [-0.2, 0) is 6.54 Å². The Balaban J connectivity index is 0.763. The minimum absolute atomic E-state index is 0.103. The number of hydrogen-bond donors (Lipinski definition) is 0. The number of piperazine rings is 1. The van der Waals surface area contributed by atoms with Crippen molar-refractivity contribution in [1.82, 2.24) is 19.3 Å². The quantitative estimate of drug-likeness (QED) is 0.110. The van der Waals surface area contributed by atoms with Crippen LogP contribution in [0.4, 0.5) is 5.69 Å². The number of nitrogens with zero attached hydrogens (tertiary/aromatic N) is 5. The molecule has 2 saturated heterocycles. The Morgan fingerprint density at radius 3 is 1.83 bits per heavy atom. The maximum atomic E-state index is 13.1. The molecule has 0 N–H and O–H groups in total. The Hall–Kier alpha value is -5.24. The smallest absolute Gasteiger partial charge is 0.256 e. The van der Waals surface area contributed by atoms with Gasteiger partial charge in [0.15, 0.2) is 0 Å². The lowest BCUT2D eigenvalue weighted by Gasteiger charge is -2.34. The van der Waals surface area contributed by atoms with E-state index in [0.717, 1.165) is 101 Å². The molecule has 7 nitrogen and oxygen atoms in total. The highest BCUT2D eigenvalue weighted by molar-refractivity contribution is 6.10. The molecule has 0 unspecified atom stereocenters. The van der Waals surface area contributed by atoms with Crippen LogP contribution in [0.3, 0.4) is 0 Å². The van der Waals surface area contributed by atoms with Crippen LogP contribution in [0.1, 0.15) is 65.6 Å². The Morgan fingerprint density at radius 2 is 1.21 bits per heavy atom. The van der Waals surface area contributed by atoms with Crippen LogP contribution in [0, 0.1) is 20.8 Å². The third kappa shape index (κ3) is 8.07. The maximum Gasteiger partial charge on any atom is 0.256 e. The number of hydrogen-bond acceptors (Lipinski definition) is 5. The van der Waals surface area contributed by atoms with E-state index in [2.05, 4.69) is 113 Å². The molecule has 7 heteroatoms. The number of carbonyl (C=O) groups is 1. The van der Waals surface area contributed by atoms with Crippen molar-refractivity contribution in [3.05, 3.63) is 119 Å². The highest BCUT2D eigenvalue weighted by Crippen LogP contribution is 2.37. The van der Waals surface area contributed by atoms with Crippen LogP contribution in [0.15, 0.2) is 102 Å². The number of amides is 1. The molecule has 58 heavy (non-hydrogen) atoms. The van der Waals surface area contributed by atoms with E-state index in [4.69, 9.17) is 9.73 Å². The van der Waals surface area contributed by atoms with Crippen molar-refractivity contribution in [3.63, 3.8) is 0 Å². The first-order valence-electron chi connectivity index (χ1n) is 21.7. The standard InChI is InChI=1S/C51H57N5O2/c1-36-10-14-39(15-11-36)41-18-20-48-44(32-41)45-33-42(40-16-12-37(2)13-17-40)19-21-49(45)56(48)25-8-23-54-28-26-53(27-29-54)22-5-4-6-30-58-50-34-47-46(31-38(50)3)51(57)55-24-7-9-43(55)35-52-47/h10-21,31-35,43H,4-9,22-30H2,1-3H3/t43-/m0/s1. The molecule has 3 aliphatic heterocycles. The van der Waals surface area contributed by atoms with Gasteiger partial charge >= 0.3 is 0 Å². The van der Waals surface area contributed by atoms with E-state index in [9.17, 15) is 4.79 Å². The predicted octanol–water partition coefficient (Wildman–Crippen LogP) is 10.6. The zero-order chi connectivity index (χ0) is 39.6. The van der Waals surface area contributed by atoms with Crippen LogP contribution in [0.5, 0.6) is 5.75 Å². The number of fused-ring (bicyclic) bond motifs is 5. The fourth-order valence-corrected chi connectivity index (χ4v) is 9.31. The third-order valence-corrected chi connectivity index (χ3v) is 12.8. The molecule has 3 aliphatic rings. The summed E-state index contributed by atoms with van der Waals surface area (Å²) >= 11 is 0. The summed E-state index contributed by atoms with van der Waals surface area (Å²) in [6.45, 7) is 15.7. The number of carbonyl (C=O) groups excluding carboxylic acids is 1. The molecule has 0 bridgehead atoms. The average Bonchev–Trinajstić information content (AvgIpc) is 3.81. The summed E-state index contributed by atoms with van der Waals surface area (Å²) in [4.78, 5) is 25.1. The van der Waals surface area contributed by atoms with Gasteiger partial charge in [0.05, 0.1) is 23.9 Å². The monoisotopic (exact) mass is 771 g/mol. The summed E-state index contributed by atoms with van der Waals surface area (Å²) in [5.41, 5.74) is 12.7. The molecule has 1 atom stereocenters. The molecule has 0 aliphatic carbocycles. The molecule has 2 fully saturated rings. The number of unbranched alkanes of at least 4 members (excludes halogenated alkanes) is 2. The summed E-state index contributed by atoms with van der Waals surface area (Å²) in [5.74, 6) is 0.949. The summed E-state index contributed by atoms with van der Waals surface area (Å²) < 4.78 is 8.79. The van der Waals surface area contributed by atoms with Crippen molar-refractivity contribution in [1.29, 1.82) is 0 Å². The molecule has 5 aromatic carbocycles. The highest BCUT2D eigenvalue weighted by Gasteiger charge is 2.32. The minimum Gasteiger partial charge on any atom is -0.493 e. The van der Waals surface area contributed by atoms with Crippen LogP contribution in [-0.4, -0.2) is 89.9 Å². The lowest BCUT2D eigenvalue weighted by molar-refractivity contribution is 0.0774. The lowest BCUT2D eigenvalue weighted by atomic mass is 9.99. The predicted molar refractivity (Wildman–Crippen MR) is 240 cm³/mol. The van der Waals surface area contributed by atoms with Gasteiger partial charge in [-0.15, -0.1) is 0 Å². The Morgan fingerprint density at radius 1 is 0.621 bits per heavy atom. The molecule has 298 valence electrons. The fraction of sp³-hybridized carbons (Fsp3) is 0.373.